The Morgan fingerprint density at radius 2 is 1.85 bits per heavy atom. The summed E-state index contributed by atoms with van der Waals surface area (Å²) in [7, 11) is 3.68. The first-order valence-electron chi connectivity index (χ1n) is 15.5. The summed E-state index contributed by atoms with van der Waals surface area (Å²) in [5, 5.41) is 3.70. The zero-order valence-corrected chi connectivity index (χ0v) is 27.3. The van der Waals surface area contributed by atoms with Crippen LogP contribution in [-0.4, -0.2) is 96.7 Å². The molecule has 10 nitrogen and oxygen atoms in total. The molecule has 46 heavy (non-hydrogen) atoms. The van der Waals surface area contributed by atoms with Crippen molar-refractivity contribution >= 4 is 40.0 Å². The molecule has 1 N–H and O–H groups in total. The lowest BCUT2D eigenvalue weighted by Gasteiger charge is -2.35. The zero-order valence-electron chi connectivity index (χ0n) is 26.5. The summed E-state index contributed by atoms with van der Waals surface area (Å²) in [6, 6.07) is 4.71. The molecule has 1 aromatic carbocycles. The van der Waals surface area contributed by atoms with E-state index in [4.69, 9.17) is 14.7 Å². The van der Waals surface area contributed by atoms with Crippen molar-refractivity contribution in [2.45, 2.75) is 51.9 Å². The van der Waals surface area contributed by atoms with Crippen LogP contribution in [0.2, 0.25) is 0 Å². The van der Waals surface area contributed by atoms with Gasteiger partial charge in [-0.05, 0) is 51.4 Å². The van der Waals surface area contributed by atoms with Crippen LogP contribution in [-0.2, 0) is 22.3 Å². The molecule has 2 saturated heterocycles. The average Bonchev–Trinajstić information content (AvgIpc) is 3.60. The van der Waals surface area contributed by atoms with Gasteiger partial charge in [-0.15, -0.1) is 0 Å². The average molecular weight is 665 g/mol. The Balaban J connectivity index is 1.40. The summed E-state index contributed by atoms with van der Waals surface area (Å²) in [6.45, 7) is 9.20. The third kappa shape index (κ3) is 8.42. The molecule has 0 bridgehead atoms. The Labute approximate surface area is 270 Å². The third-order valence-electron chi connectivity index (χ3n) is 8.20. The second-order valence-electron chi connectivity index (χ2n) is 11.8. The molecule has 15 heteroatoms. The summed E-state index contributed by atoms with van der Waals surface area (Å²) < 4.78 is 60.3. The number of alkyl halides is 3. The van der Waals surface area contributed by atoms with Crippen LogP contribution < -0.4 is 15.1 Å². The van der Waals surface area contributed by atoms with E-state index >= 15 is 0 Å². The predicted octanol–water partition coefficient (Wildman–Crippen LogP) is 5.63. The van der Waals surface area contributed by atoms with Gasteiger partial charge in [-0.25, -0.2) is 9.37 Å². The van der Waals surface area contributed by atoms with Crippen LogP contribution in [0, 0.1) is 5.82 Å². The van der Waals surface area contributed by atoms with E-state index in [1.54, 1.807) is 11.8 Å². The van der Waals surface area contributed by atoms with Gasteiger partial charge in [0.1, 0.15) is 17.5 Å². The van der Waals surface area contributed by atoms with Crippen molar-refractivity contribution in [2.24, 2.45) is 0 Å². The number of carbonyl (C=O) groups is 1. The third-order valence-corrected chi connectivity index (χ3v) is 9.16. The van der Waals surface area contributed by atoms with E-state index in [9.17, 15) is 22.4 Å². The number of hydrogen-bond acceptors (Lipinski definition) is 11. The van der Waals surface area contributed by atoms with E-state index in [2.05, 4.69) is 31.9 Å². The Morgan fingerprint density at radius 1 is 1.09 bits per heavy atom. The van der Waals surface area contributed by atoms with Crippen molar-refractivity contribution in [1.82, 2.24) is 24.8 Å². The molecule has 2 aliphatic rings. The number of anilines is 4. The van der Waals surface area contributed by atoms with Gasteiger partial charge in [-0.1, -0.05) is 11.3 Å². The van der Waals surface area contributed by atoms with E-state index < -0.39 is 17.6 Å². The molecule has 250 valence electrons. The van der Waals surface area contributed by atoms with Gasteiger partial charge in [-0.2, -0.15) is 23.1 Å². The monoisotopic (exact) mass is 664 g/mol. The highest BCUT2D eigenvalue weighted by Crippen LogP contribution is 2.38. The Morgan fingerprint density at radius 3 is 2.50 bits per heavy atom. The molecule has 0 amide bonds. The lowest BCUT2D eigenvalue weighted by Crippen LogP contribution is -2.47. The fourth-order valence-corrected chi connectivity index (χ4v) is 6.70. The molecule has 0 spiro atoms. The standard InChI is InChI=1S/C31H40F4N8O2S/c1-5-45-27(44)8-10-41-11-13-42(14-12-41)26-18-25(36-29(38-26)40(3)4)37-30-39-28(24(46-30)19-43-9-6-7-20(43)2)21-15-22(31(33,34)35)17-23(32)16-21/h15-18,20H,5-14,19H2,1-4H3,(H,36,37,38,39)/t20-/m1/s1. The SMILES string of the molecule is CCOC(=O)CCN1CCN(c2cc(Nc3nc(-c4cc(F)cc(C(F)(F)F)c4)c(CN4CCC[C@H]4C)s3)nc(N(C)C)n2)CC1. The molecule has 0 aliphatic carbocycles. The summed E-state index contributed by atoms with van der Waals surface area (Å²) in [4.78, 5) is 35.1. The normalized spacial score (nSPS) is 17.8. The number of thiazole rings is 1. The van der Waals surface area contributed by atoms with Gasteiger partial charge in [0.05, 0.1) is 24.3 Å². The molecule has 2 aliphatic heterocycles. The summed E-state index contributed by atoms with van der Waals surface area (Å²) in [6.07, 6.45) is -2.27. The second kappa shape index (κ2) is 14.5. The molecule has 0 saturated carbocycles. The highest BCUT2D eigenvalue weighted by Gasteiger charge is 2.32. The molecule has 0 unspecified atom stereocenters. The lowest BCUT2D eigenvalue weighted by molar-refractivity contribution is -0.143. The van der Waals surface area contributed by atoms with Gasteiger partial charge in [0.15, 0.2) is 5.13 Å². The topological polar surface area (TPSA) is 90.0 Å². The van der Waals surface area contributed by atoms with Crippen LogP contribution in [0.5, 0.6) is 0 Å². The van der Waals surface area contributed by atoms with Gasteiger partial charge in [0.25, 0.3) is 0 Å². The molecular formula is C31H40F4N8O2S. The lowest BCUT2D eigenvalue weighted by atomic mass is 10.1. The number of likely N-dealkylation sites (tertiary alicyclic amines) is 1. The van der Waals surface area contributed by atoms with Crippen molar-refractivity contribution in [3.05, 3.63) is 40.5 Å². The maximum Gasteiger partial charge on any atom is 0.416 e. The molecule has 2 aromatic heterocycles. The van der Waals surface area contributed by atoms with Gasteiger partial charge in [-0.3, -0.25) is 14.6 Å². The van der Waals surface area contributed by atoms with Gasteiger partial charge in [0, 0.05) is 75.9 Å². The molecular weight excluding hydrogens is 624 g/mol. The van der Waals surface area contributed by atoms with Crippen molar-refractivity contribution in [2.75, 3.05) is 75.1 Å². The van der Waals surface area contributed by atoms with E-state index in [1.165, 1.54) is 11.3 Å². The van der Waals surface area contributed by atoms with E-state index in [-0.39, 0.29) is 11.5 Å². The first-order valence-corrected chi connectivity index (χ1v) is 16.3. The fourth-order valence-electron chi connectivity index (χ4n) is 5.68. The first kappa shape index (κ1) is 33.8. The summed E-state index contributed by atoms with van der Waals surface area (Å²) in [5.74, 6) is 0.510. The zero-order chi connectivity index (χ0) is 33.0. The van der Waals surface area contributed by atoms with Crippen LogP contribution in [0.1, 0.15) is 43.6 Å². The number of nitrogens with one attached hydrogen (secondary N) is 1. The van der Waals surface area contributed by atoms with Crippen LogP contribution in [0.4, 0.5) is 40.3 Å². The number of benzene rings is 1. The van der Waals surface area contributed by atoms with E-state index in [1.807, 2.05) is 20.2 Å². The number of carbonyl (C=O) groups excluding carboxylic acids is 1. The minimum Gasteiger partial charge on any atom is -0.466 e. The number of nitrogens with zero attached hydrogens (tertiary/aromatic N) is 7. The van der Waals surface area contributed by atoms with Gasteiger partial charge >= 0.3 is 12.1 Å². The van der Waals surface area contributed by atoms with E-state index in [0.29, 0.717) is 79.7 Å². The minimum absolute atomic E-state index is 0.0802. The maximum absolute atomic E-state index is 14.5. The van der Waals surface area contributed by atoms with Crippen LogP contribution >= 0.6 is 11.3 Å². The van der Waals surface area contributed by atoms with Crippen LogP contribution in [0.15, 0.2) is 24.3 Å². The molecule has 5 rings (SSSR count). The highest BCUT2D eigenvalue weighted by molar-refractivity contribution is 7.16. The largest absolute Gasteiger partial charge is 0.466 e. The smallest absolute Gasteiger partial charge is 0.416 e. The molecule has 4 heterocycles. The number of hydrogen-bond donors (Lipinski definition) is 1. The number of rotatable bonds is 11. The predicted molar refractivity (Wildman–Crippen MR) is 171 cm³/mol. The minimum atomic E-state index is -4.69. The molecule has 0 radical (unpaired) electrons. The first-order chi connectivity index (χ1) is 21.9. The number of ether oxygens (including phenoxy) is 1. The van der Waals surface area contributed by atoms with Gasteiger partial charge in [0.2, 0.25) is 5.95 Å². The molecule has 3 aromatic rings. The summed E-state index contributed by atoms with van der Waals surface area (Å²) >= 11 is 1.32. The highest BCUT2D eigenvalue weighted by atomic mass is 32.1. The van der Waals surface area contributed by atoms with Gasteiger partial charge < -0.3 is 19.9 Å². The maximum atomic E-state index is 14.5. The van der Waals surface area contributed by atoms with Crippen molar-refractivity contribution in [1.29, 1.82) is 0 Å². The van der Waals surface area contributed by atoms with Crippen molar-refractivity contribution in [3.8, 4) is 11.3 Å². The Bertz CT molecular complexity index is 1510. The number of halogens is 4. The molecule has 1 atom stereocenters. The number of aromatic nitrogens is 3. The quantitative estimate of drug-likeness (QED) is 0.206. The molecule has 2 fully saturated rings. The van der Waals surface area contributed by atoms with Crippen LogP contribution in [0.25, 0.3) is 11.3 Å². The van der Waals surface area contributed by atoms with Crippen molar-refractivity contribution < 1.29 is 27.1 Å². The van der Waals surface area contributed by atoms with Crippen molar-refractivity contribution in [3.63, 3.8) is 0 Å². The second-order valence-corrected chi connectivity index (χ2v) is 12.9. The number of piperazine rings is 1. The van der Waals surface area contributed by atoms with Crippen LogP contribution in [0.3, 0.4) is 0 Å². The van der Waals surface area contributed by atoms with E-state index in [0.717, 1.165) is 49.5 Å². The Kier molecular flexibility index (Phi) is 10.6. The fraction of sp³-hybridized carbons (Fsp3) is 0.548. The number of esters is 1. The summed E-state index contributed by atoms with van der Waals surface area (Å²) in [5.41, 5.74) is -0.656. The Hall–Kier alpha value is -3.56.